The fourth-order valence-electron chi connectivity index (χ4n) is 2.49. The van der Waals surface area contributed by atoms with Gasteiger partial charge in [-0.3, -0.25) is 9.59 Å². The number of nitrogens with two attached hydrogens (primary N) is 1. The summed E-state index contributed by atoms with van der Waals surface area (Å²) in [6.45, 7) is 9.63. The molecule has 0 fully saturated rings. The minimum atomic E-state index is -0.474. The van der Waals surface area contributed by atoms with Gasteiger partial charge in [0.05, 0.1) is 5.41 Å². The average Bonchev–Trinajstić information content (AvgIpc) is 2.44. The second kappa shape index (κ2) is 10.6. The molecule has 0 bridgehead atoms. The molecule has 0 aromatic rings. The van der Waals surface area contributed by atoms with Crippen LogP contribution >= 0.6 is 0 Å². The fourth-order valence-corrected chi connectivity index (χ4v) is 2.49. The SMILES string of the molecule is CCCC(CN)(CCC)C(=O)NCCC(=O)NCC(C)C. The van der Waals surface area contributed by atoms with Crippen molar-refractivity contribution >= 4 is 11.8 Å². The molecule has 4 N–H and O–H groups in total. The standard InChI is InChI=1S/C16H33N3O2/c1-5-8-16(12-17,9-6-2)15(21)18-10-7-14(20)19-11-13(3)4/h13H,5-12,17H2,1-4H3,(H,18,21)(H,19,20). The predicted octanol–water partition coefficient (Wildman–Crippen LogP) is 1.81. The molecule has 0 aliphatic heterocycles. The lowest BCUT2D eigenvalue weighted by atomic mass is 9.78. The van der Waals surface area contributed by atoms with Crippen LogP contribution in [0.5, 0.6) is 0 Å². The zero-order valence-electron chi connectivity index (χ0n) is 14.1. The van der Waals surface area contributed by atoms with Gasteiger partial charge in [0, 0.05) is 26.1 Å². The van der Waals surface area contributed by atoms with Crippen LogP contribution in [0.3, 0.4) is 0 Å². The maximum atomic E-state index is 12.4. The largest absolute Gasteiger partial charge is 0.356 e. The highest BCUT2D eigenvalue weighted by molar-refractivity contribution is 5.83. The van der Waals surface area contributed by atoms with Gasteiger partial charge in [-0.05, 0) is 18.8 Å². The van der Waals surface area contributed by atoms with Crippen LogP contribution in [0.1, 0.15) is 59.8 Å². The summed E-state index contributed by atoms with van der Waals surface area (Å²) in [6.07, 6.45) is 3.77. The molecular formula is C16H33N3O2. The van der Waals surface area contributed by atoms with Gasteiger partial charge in [0.2, 0.25) is 11.8 Å². The monoisotopic (exact) mass is 299 g/mol. The minimum Gasteiger partial charge on any atom is -0.356 e. The van der Waals surface area contributed by atoms with Crippen molar-refractivity contribution in [1.82, 2.24) is 10.6 Å². The molecule has 0 rings (SSSR count). The molecular weight excluding hydrogens is 266 g/mol. The van der Waals surface area contributed by atoms with Crippen molar-refractivity contribution in [3.05, 3.63) is 0 Å². The van der Waals surface area contributed by atoms with Crippen molar-refractivity contribution in [2.45, 2.75) is 59.8 Å². The number of rotatable bonds is 11. The van der Waals surface area contributed by atoms with Crippen molar-refractivity contribution < 1.29 is 9.59 Å². The molecule has 0 atom stereocenters. The molecule has 0 saturated heterocycles. The first kappa shape index (κ1) is 19.9. The molecule has 5 nitrogen and oxygen atoms in total. The summed E-state index contributed by atoms with van der Waals surface area (Å²) >= 11 is 0. The topological polar surface area (TPSA) is 84.2 Å². The van der Waals surface area contributed by atoms with E-state index in [1.807, 2.05) is 13.8 Å². The molecule has 124 valence electrons. The van der Waals surface area contributed by atoms with E-state index in [4.69, 9.17) is 5.73 Å². The summed E-state index contributed by atoms with van der Waals surface area (Å²) in [7, 11) is 0. The summed E-state index contributed by atoms with van der Waals surface area (Å²) < 4.78 is 0. The Labute approximate surface area is 129 Å². The predicted molar refractivity (Wildman–Crippen MR) is 86.8 cm³/mol. The molecule has 5 heteroatoms. The summed E-state index contributed by atoms with van der Waals surface area (Å²) in [5, 5.41) is 5.73. The normalized spacial score (nSPS) is 11.5. The van der Waals surface area contributed by atoms with Gasteiger partial charge in [0.15, 0.2) is 0 Å². The second-order valence-electron chi connectivity index (χ2n) is 6.19. The van der Waals surface area contributed by atoms with E-state index in [0.717, 1.165) is 25.7 Å². The molecule has 0 aliphatic rings. The third-order valence-corrected chi connectivity index (χ3v) is 3.67. The lowest BCUT2D eigenvalue weighted by Crippen LogP contribution is -2.46. The highest BCUT2D eigenvalue weighted by Gasteiger charge is 2.34. The molecule has 0 spiro atoms. The third-order valence-electron chi connectivity index (χ3n) is 3.67. The quantitative estimate of drug-likeness (QED) is 0.544. The van der Waals surface area contributed by atoms with Crippen LogP contribution in [0, 0.1) is 11.3 Å². The maximum absolute atomic E-state index is 12.4. The maximum Gasteiger partial charge on any atom is 0.227 e. The van der Waals surface area contributed by atoms with E-state index in [1.54, 1.807) is 0 Å². The molecule has 0 aromatic carbocycles. The van der Waals surface area contributed by atoms with Crippen molar-refractivity contribution in [2.24, 2.45) is 17.1 Å². The highest BCUT2D eigenvalue weighted by Crippen LogP contribution is 2.28. The first-order valence-electron chi connectivity index (χ1n) is 8.16. The first-order chi connectivity index (χ1) is 9.91. The smallest absolute Gasteiger partial charge is 0.227 e. The van der Waals surface area contributed by atoms with Gasteiger partial charge < -0.3 is 16.4 Å². The minimum absolute atomic E-state index is 0.00893. The molecule has 21 heavy (non-hydrogen) atoms. The fraction of sp³-hybridized carbons (Fsp3) is 0.875. The van der Waals surface area contributed by atoms with E-state index >= 15 is 0 Å². The van der Waals surface area contributed by atoms with Crippen LogP contribution in [-0.4, -0.2) is 31.4 Å². The van der Waals surface area contributed by atoms with Gasteiger partial charge >= 0.3 is 0 Å². The first-order valence-corrected chi connectivity index (χ1v) is 8.16. The summed E-state index contributed by atoms with van der Waals surface area (Å²) in [6, 6.07) is 0. The van der Waals surface area contributed by atoms with E-state index in [1.165, 1.54) is 0 Å². The van der Waals surface area contributed by atoms with E-state index in [0.29, 0.717) is 32.0 Å². The highest BCUT2D eigenvalue weighted by atomic mass is 16.2. The number of hydrogen-bond donors (Lipinski definition) is 3. The van der Waals surface area contributed by atoms with E-state index in [2.05, 4.69) is 24.5 Å². The molecule has 2 amide bonds. The Morgan fingerprint density at radius 3 is 2.10 bits per heavy atom. The van der Waals surface area contributed by atoms with E-state index in [-0.39, 0.29) is 11.8 Å². The molecule has 0 aliphatic carbocycles. The average molecular weight is 299 g/mol. The third kappa shape index (κ3) is 7.46. The van der Waals surface area contributed by atoms with Crippen LogP contribution in [0.4, 0.5) is 0 Å². The molecule has 0 saturated carbocycles. The molecule has 0 heterocycles. The van der Waals surface area contributed by atoms with Crippen LogP contribution in [0.2, 0.25) is 0 Å². The Morgan fingerprint density at radius 1 is 1.10 bits per heavy atom. The zero-order valence-corrected chi connectivity index (χ0v) is 14.1. The number of carbonyl (C=O) groups is 2. The van der Waals surface area contributed by atoms with Gasteiger partial charge in [-0.15, -0.1) is 0 Å². The lowest BCUT2D eigenvalue weighted by Gasteiger charge is -2.30. The molecule has 0 radical (unpaired) electrons. The molecule has 0 unspecified atom stereocenters. The van der Waals surface area contributed by atoms with Crippen molar-refractivity contribution in [1.29, 1.82) is 0 Å². The summed E-state index contributed by atoms with van der Waals surface area (Å²) in [5.74, 6) is 0.404. The van der Waals surface area contributed by atoms with Crippen molar-refractivity contribution in [2.75, 3.05) is 19.6 Å². The van der Waals surface area contributed by atoms with Crippen LogP contribution in [-0.2, 0) is 9.59 Å². The Balaban J connectivity index is 4.28. The number of carbonyl (C=O) groups excluding carboxylic acids is 2. The number of hydrogen-bond acceptors (Lipinski definition) is 3. The Bertz CT molecular complexity index is 311. The van der Waals surface area contributed by atoms with E-state index in [9.17, 15) is 9.59 Å². The number of nitrogens with one attached hydrogen (secondary N) is 2. The Morgan fingerprint density at radius 2 is 1.67 bits per heavy atom. The van der Waals surface area contributed by atoms with Crippen molar-refractivity contribution in [3.8, 4) is 0 Å². The van der Waals surface area contributed by atoms with Gasteiger partial charge in [0.1, 0.15) is 0 Å². The lowest BCUT2D eigenvalue weighted by molar-refractivity contribution is -0.131. The molecule has 0 aromatic heterocycles. The van der Waals surface area contributed by atoms with Crippen LogP contribution < -0.4 is 16.4 Å². The summed E-state index contributed by atoms with van der Waals surface area (Å²) in [4.78, 5) is 24.0. The van der Waals surface area contributed by atoms with Gasteiger partial charge in [0.25, 0.3) is 0 Å². The Hall–Kier alpha value is -1.10. The Kier molecular flexibility index (Phi) is 10.0. The van der Waals surface area contributed by atoms with Crippen LogP contribution in [0.15, 0.2) is 0 Å². The number of amides is 2. The summed E-state index contributed by atoms with van der Waals surface area (Å²) in [5.41, 5.74) is 5.38. The second-order valence-corrected chi connectivity index (χ2v) is 6.19. The van der Waals surface area contributed by atoms with Gasteiger partial charge in [-0.2, -0.15) is 0 Å². The van der Waals surface area contributed by atoms with Crippen molar-refractivity contribution in [3.63, 3.8) is 0 Å². The van der Waals surface area contributed by atoms with Crippen LogP contribution in [0.25, 0.3) is 0 Å². The van der Waals surface area contributed by atoms with Gasteiger partial charge in [-0.1, -0.05) is 40.5 Å². The van der Waals surface area contributed by atoms with E-state index < -0.39 is 5.41 Å². The van der Waals surface area contributed by atoms with Gasteiger partial charge in [-0.25, -0.2) is 0 Å². The zero-order chi connectivity index (χ0) is 16.3.